The average molecular weight is 456 g/mol. The van der Waals surface area contributed by atoms with Crippen LogP contribution in [0.15, 0.2) is 45.2 Å². The summed E-state index contributed by atoms with van der Waals surface area (Å²) in [5.74, 6) is 4.78. The molecule has 2 aromatic carbocycles. The van der Waals surface area contributed by atoms with E-state index in [1.165, 1.54) is 17.4 Å². The molecular weight excluding hydrogens is 438 g/mol. The number of fused-ring (bicyclic) bond motifs is 1. The van der Waals surface area contributed by atoms with Crippen molar-refractivity contribution in [2.45, 2.75) is 16.7 Å². The van der Waals surface area contributed by atoms with Crippen molar-refractivity contribution in [1.82, 2.24) is 10.5 Å². The molecule has 0 aliphatic rings. The molecular formula is C15H17N7O4S3. The summed E-state index contributed by atoms with van der Waals surface area (Å²) in [5, 5.41) is 14.9. The molecule has 3 rings (SSSR count). The summed E-state index contributed by atoms with van der Waals surface area (Å²) in [6, 6.07) is 7.70. The van der Waals surface area contributed by atoms with E-state index in [-0.39, 0.29) is 11.1 Å². The predicted octanol–water partition coefficient (Wildman–Crippen LogP) is -0.350. The molecule has 29 heavy (non-hydrogen) atoms. The van der Waals surface area contributed by atoms with Gasteiger partial charge in [-0.1, -0.05) is 18.2 Å². The molecule has 0 amide bonds. The normalized spacial score (nSPS) is 13.0. The fraction of sp³-hybridized carbons (Fsp3) is 0.0667. The van der Waals surface area contributed by atoms with Gasteiger partial charge in [-0.3, -0.25) is 0 Å². The summed E-state index contributed by atoms with van der Waals surface area (Å²) in [5.41, 5.74) is 8.96. The Morgan fingerprint density at radius 3 is 2.34 bits per heavy atom. The number of nitrogens with one attached hydrogen (secondary N) is 1. The van der Waals surface area contributed by atoms with E-state index in [2.05, 4.69) is 10.1 Å². The van der Waals surface area contributed by atoms with Gasteiger partial charge in [-0.05, 0) is 24.6 Å². The third-order valence-electron chi connectivity index (χ3n) is 3.97. The van der Waals surface area contributed by atoms with Gasteiger partial charge in [0.2, 0.25) is 20.0 Å². The van der Waals surface area contributed by atoms with E-state index in [9.17, 15) is 16.8 Å². The van der Waals surface area contributed by atoms with Crippen LogP contribution in [0.25, 0.3) is 21.3 Å². The Balaban J connectivity index is 2.56. The van der Waals surface area contributed by atoms with Crippen molar-refractivity contribution in [3.63, 3.8) is 0 Å². The monoisotopic (exact) mass is 455 g/mol. The van der Waals surface area contributed by atoms with Crippen LogP contribution in [0.3, 0.4) is 0 Å². The molecule has 9 N–H and O–H groups in total. The maximum absolute atomic E-state index is 12.4. The number of aromatic nitrogens is 1. The summed E-state index contributed by atoms with van der Waals surface area (Å²) in [6.45, 7) is 1.82. The van der Waals surface area contributed by atoms with E-state index >= 15 is 0 Å². The first kappa shape index (κ1) is 21.1. The zero-order chi connectivity index (χ0) is 21.6. The Labute approximate surface area is 170 Å². The van der Waals surface area contributed by atoms with Crippen LogP contribution >= 0.6 is 11.3 Å². The molecule has 0 bridgehead atoms. The fourth-order valence-corrected chi connectivity index (χ4v) is 5.97. The van der Waals surface area contributed by atoms with Crippen LogP contribution in [0.2, 0.25) is 0 Å². The lowest BCUT2D eigenvalue weighted by atomic mass is 9.98. The first-order chi connectivity index (χ1) is 13.4. The number of primary sulfonamides is 2. The van der Waals surface area contributed by atoms with Gasteiger partial charge in [0.15, 0.2) is 5.84 Å². The summed E-state index contributed by atoms with van der Waals surface area (Å²) in [7, 11) is -9.06. The van der Waals surface area contributed by atoms with Crippen molar-refractivity contribution in [2.24, 2.45) is 27.0 Å². The van der Waals surface area contributed by atoms with Gasteiger partial charge in [0.25, 0.3) is 0 Å². The number of hydrogen-bond donors (Lipinski definition) is 5. The molecule has 0 aliphatic carbocycles. The van der Waals surface area contributed by atoms with Gasteiger partial charge in [-0.15, -0.1) is 16.4 Å². The molecule has 0 aliphatic heterocycles. The molecule has 3 aromatic rings. The lowest BCUT2D eigenvalue weighted by Gasteiger charge is -2.17. The van der Waals surface area contributed by atoms with Gasteiger partial charge in [-0.2, -0.15) is 0 Å². The zero-order valence-corrected chi connectivity index (χ0v) is 17.4. The van der Waals surface area contributed by atoms with Crippen LogP contribution in [-0.2, 0) is 20.0 Å². The number of thiazole rings is 1. The molecule has 0 radical (unpaired) electrons. The van der Waals surface area contributed by atoms with Gasteiger partial charge >= 0.3 is 0 Å². The Morgan fingerprint density at radius 1 is 1.07 bits per heavy atom. The molecule has 0 saturated heterocycles. The van der Waals surface area contributed by atoms with Crippen molar-refractivity contribution in [1.29, 1.82) is 0 Å². The highest BCUT2D eigenvalue weighted by atomic mass is 32.2. The quantitative estimate of drug-likeness (QED) is 0.148. The Bertz CT molecular complexity index is 1360. The van der Waals surface area contributed by atoms with E-state index in [4.69, 9.17) is 21.9 Å². The fourth-order valence-electron chi connectivity index (χ4n) is 2.95. The lowest BCUT2D eigenvalue weighted by Crippen LogP contribution is -2.29. The highest BCUT2D eigenvalue weighted by Crippen LogP contribution is 2.37. The number of benzene rings is 2. The molecule has 0 spiro atoms. The second kappa shape index (κ2) is 7.33. The summed E-state index contributed by atoms with van der Waals surface area (Å²) < 4.78 is 49.6. The van der Waals surface area contributed by atoms with Crippen LogP contribution < -0.4 is 27.4 Å². The second-order valence-electron chi connectivity index (χ2n) is 5.92. The van der Waals surface area contributed by atoms with Crippen molar-refractivity contribution in [3.05, 3.63) is 40.9 Å². The molecule has 0 fully saturated rings. The topological polar surface area (TPSA) is 210 Å². The Hall–Kier alpha value is -2.62. The zero-order valence-electron chi connectivity index (χ0n) is 14.9. The van der Waals surface area contributed by atoms with E-state index in [1.807, 2.05) is 18.5 Å². The summed E-state index contributed by atoms with van der Waals surface area (Å²) >= 11 is 1.44. The van der Waals surface area contributed by atoms with E-state index in [0.717, 1.165) is 15.8 Å². The van der Waals surface area contributed by atoms with Crippen molar-refractivity contribution in [2.75, 3.05) is 0 Å². The number of sulfonamides is 2. The minimum absolute atomic E-state index is 0.244. The minimum Gasteiger partial charge on any atom is -0.382 e. The number of aryl methyl sites for hydroxylation is 1. The predicted molar refractivity (Wildman–Crippen MR) is 111 cm³/mol. The van der Waals surface area contributed by atoms with Crippen LogP contribution in [-0.4, -0.2) is 27.7 Å². The first-order valence-electron chi connectivity index (χ1n) is 7.83. The van der Waals surface area contributed by atoms with Crippen LogP contribution in [0.1, 0.15) is 10.6 Å². The van der Waals surface area contributed by atoms with Crippen molar-refractivity contribution >= 4 is 47.4 Å². The minimum atomic E-state index is -4.60. The van der Waals surface area contributed by atoms with Crippen LogP contribution in [0.4, 0.5) is 0 Å². The van der Waals surface area contributed by atoms with Crippen molar-refractivity contribution < 1.29 is 16.8 Å². The molecule has 154 valence electrons. The SMILES string of the molecule is Cc1nc2c(-c3ccc(S(N)(=O)=O)c(S(N)(=O)=O)c3/C(N)=N/NN)cccc2s1. The van der Waals surface area contributed by atoms with Gasteiger partial charge in [0, 0.05) is 11.1 Å². The number of para-hydroxylation sites is 1. The molecule has 1 heterocycles. The first-order valence-corrected chi connectivity index (χ1v) is 11.7. The highest BCUT2D eigenvalue weighted by Gasteiger charge is 2.30. The highest BCUT2D eigenvalue weighted by molar-refractivity contribution is 7.92. The maximum atomic E-state index is 12.4. The largest absolute Gasteiger partial charge is 0.382 e. The molecule has 14 heteroatoms. The van der Waals surface area contributed by atoms with E-state index in [1.54, 1.807) is 12.1 Å². The van der Waals surface area contributed by atoms with Crippen LogP contribution in [0, 0.1) is 6.92 Å². The molecule has 1 aromatic heterocycles. The maximum Gasteiger partial charge on any atom is 0.240 e. The molecule has 0 atom stereocenters. The third-order valence-corrected chi connectivity index (χ3v) is 6.98. The van der Waals surface area contributed by atoms with Gasteiger partial charge in [-0.25, -0.2) is 43.5 Å². The molecule has 11 nitrogen and oxygen atoms in total. The third kappa shape index (κ3) is 3.93. The smallest absolute Gasteiger partial charge is 0.240 e. The van der Waals surface area contributed by atoms with Crippen molar-refractivity contribution in [3.8, 4) is 11.1 Å². The standard InChI is InChI=1S/C15H17N7O4S3/c1-7-20-13-9(3-2-4-10(13)27-7)8-5-6-11(28(18,23)24)14(29(19,25)26)12(8)15(16)21-22-17/h2-6,22H,17H2,1H3,(H2,16,21)(H2,18,23,24)(H2,19,25,26). The number of nitrogens with zero attached hydrogens (tertiary/aromatic N) is 2. The lowest BCUT2D eigenvalue weighted by molar-refractivity contribution is 0.584. The molecule has 0 unspecified atom stereocenters. The number of nitrogens with two attached hydrogens (primary N) is 4. The number of hydrogen-bond acceptors (Lipinski definition) is 9. The van der Waals surface area contributed by atoms with Gasteiger partial charge in [0.05, 0.1) is 15.2 Å². The second-order valence-corrected chi connectivity index (χ2v) is 10.2. The van der Waals surface area contributed by atoms with E-state index in [0.29, 0.717) is 11.1 Å². The summed E-state index contributed by atoms with van der Waals surface area (Å²) in [6.07, 6.45) is 0. The molecule has 0 saturated carbocycles. The van der Waals surface area contributed by atoms with Gasteiger partial charge < -0.3 is 5.73 Å². The Morgan fingerprint density at radius 2 is 1.76 bits per heavy atom. The Kier molecular flexibility index (Phi) is 5.33. The number of hydrazine groups is 1. The average Bonchev–Trinajstić information content (AvgIpc) is 2.99. The van der Waals surface area contributed by atoms with Crippen LogP contribution in [0.5, 0.6) is 0 Å². The number of rotatable bonds is 5. The van der Waals surface area contributed by atoms with E-state index < -0.39 is 35.7 Å². The van der Waals surface area contributed by atoms with Gasteiger partial charge in [0.1, 0.15) is 9.79 Å². The number of amidine groups is 1. The summed E-state index contributed by atoms with van der Waals surface area (Å²) in [4.78, 5) is 2.98. The number of hydrazone groups is 1.